The van der Waals surface area contributed by atoms with Crippen molar-refractivity contribution < 1.29 is 4.42 Å². The smallest absolute Gasteiger partial charge is 0.336 e. The normalized spacial score (nSPS) is 21.2. The minimum absolute atomic E-state index is 0.255. The van der Waals surface area contributed by atoms with Crippen molar-refractivity contribution in [2.75, 3.05) is 4.90 Å². The fraction of sp³-hybridized carbons (Fsp3) is 0.286. The molecule has 0 saturated carbocycles. The quantitative estimate of drug-likeness (QED) is 0.448. The van der Waals surface area contributed by atoms with E-state index in [0.29, 0.717) is 12.1 Å². The van der Waals surface area contributed by atoms with Crippen molar-refractivity contribution in [3.8, 4) is 0 Å². The number of rotatable bonds is 1. The molecule has 0 amide bonds. The number of hydrogen-bond donors (Lipinski definition) is 0. The van der Waals surface area contributed by atoms with Gasteiger partial charge in [0.25, 0.3) is 0 Å². The summed E-state index contributed by atoms with van der Waals surface area (Å²) in [6, 6.07) is 13.4. The summed E-state index contributed by atoms with van der Waals surface area (Å²) in [6.07, 6.45) is 1.94. The maximum atomic E-state index is 11.9. The second kappa shape index (κ2) is 5.21. The van der Waals surface area contributed by atoms with Gasteiger partial charge in [0.1, 0.15) is 5.58 Å². The van der Waals surface area contributed by atoms with Crippen molar-refractivity contribution in [3.63, 3.8) is 0 Å². The van der Waals surface area contributed by atoms with Crippen LogP contribution < -0.4 is 10.5 Å². The van der Waals surface area contributed by atoms with Gasteiger partial charge in [-0.3, -0.25) is 0 Å². The summed E-state index contributed by atoms with van der Waals surface area (Å²) >= 11 is 3.71. The molecule has 126 valence electrons. The highest BCUT2D eigenvalue weighted by atomic mass is 79.9. The lowest BCUT2D eigenvalue weighted by Gasteiger charge is -2.14. The Morgan fingerprint density at radius 1 is 1.08 bits per heavy atom. The van der Waals surface area contributed by atoms with Crippen LogP contribution in [0.3, 0.4) is 0 Å². The van der Waals surface area contributed by atoms with Crippen LogP contribution in [0.5, 0.6) is 0 Å². The Kier molecular flexibility index (Phi) is 3.17. The maximum Gasteiger partial charge on any atom is 0.336 e. The van der Waals surface area contributed by atoms with E-state index in [1.807, 2.05) is 6.92 Å². The van der Waals surface area contributed by atoms with Crippen LogP contribution in [0.2, 0.25) is 0 Å². The van der Waals surface area contributed by atoms with Crippen LogP contribution >= 0.6 is 15.9 Å². The lowest BCUT2D eigenvalue weighted by molar-refractivity contribution is 0.553. The Labute approximate surface area is 154 Å². The topological polar surface area (TPSA) is 33.2 Å². The third kappa shape index (κ3) is 2.27. The van der Waals surface area contributed by atoms with E-state index >= 15 is 0 Å². The molecule has 5 rings (SSSR count). The molecule has 1 aliphatic carbocycles. The van der Waals surface area contributed by atoms with E-state index in [4.69, 9.17) is 4.42 Å². The second-order valence-corrected chi connectivity index (χ2v) is 8.09. The van der Waals surface area contributed by atoms with Gasteiger partial charge in [0.15, 0.2) is 0 Å². The van der Waals surface area contributed by atoms with Crippen molar-refractivity contribution in [3.05, 3.63) is 73.5 Å². The molecule has 2 heterocycles. The molecular formula is C21H18BrNO2. The van der Waals surface area contributed by atoms with E-state index in [-0.39, 0.29) is 5.63 Å². The minimum Gasteiger partial charge on any atom is -0.422 e. The van der Waals surface area contributed by atoms with Crippen LogP contribution in [-0.4, -0.2) is 12.1 Å². The van der Waals surface area contributed by atoms with Gasteiger partial charge in [-0.05, 0) is 71.4 Å². The number of fused-ring (bicyclic) bond motifs is 4. The Hall–Kier alpha value is -2.07. The molecule has 2 aliphatic rings. The van der Waals surface area contributed by atoms with Gasteiger partial charge in [-0.15, -0.1) is 0 Å². The minimum atomic E-state index is -0.255. The summed E-state index contributed by atoms with van der Waals surface area (Å²) in [5.74, 6) is 0. The van der Waals surface area contributed by atoms with E-state index in [9.17, 15) is 4.79 Å². The first kappa shape index (κ1) is 15.2. The predicted molar refractivity (Wildman–Crippen MR) is 104 cm³/mol. The molecule has 1 aliphatic heterocycles. The summed E-state index contributed by atoms with van der Waals surface area (Å²) in [4.78, 5) is 14.4. The summed E-state index contributed by atoms with van der Waals surface area (Å²) in [6.45, 7) is 4.08. The van der Waals surface area contributed by atoms with Gasteiger partial charge in [-0.1, -0.05) is 18.2 Å². The van der Waals surface area contributed by atoms with Crippen molar-refractivity contribution in [1.29, 1.82) is 0 Å². The number of hydrogen-bond acceptors (Lipinski definition) is 3. The predicted octanol–water partition coefficient (Wildman–Crippen LogP) is 4.53. The highest BCUT2D eigenvalue weighted by Gasteiger charge is 2.51. The Morgan fingerprint density at radius 3 is 2.68 bits per heavy atom. The van der Waals surface area contributed by atoms with Gasteiger partial charge in [-0.2, -0.15) is 0 Å². The van der Waals surface area contributed by atoms with Crippen molar-refractivity contribution in [2.45, 2.75) is 38.8 Å². The molecule has 0 spiro atoms. The number of anilines is 1. The van der Waals surface area contributed by atoms with Crippen LogP contribution in [0, 0.1) is 13.8 Å². The summed E-state index contributed by atoms with van der Waals surface area (Å²) in [5, 5.41) is 1.06. The second-order valence-electron chi connectivity index (χ2n) is 7.23. The SMILES string of the molecule is Cc1ccc(N2[C@@H]3Cc4c(ccc5c(C)cc(=O)oc45)C[C@@H]32)c(Br)c1. The standard InChI is InChI=1S/C21H18BrNO2/c1-11-3-6-17(16(22)7-11)23-18-9-13-4-5-14-12(2)8-20(24)25-21(14)15(13)10-19(18)23/h3-8,18-19H,9-10H2,1-2H3/t18-,19+,23?/m0/s1. The first-order valence-electron chi connectivity index (χ1n) is 8.62. The zero-order chi connectivity index (χ0) is 17.3. The van der Waals surface area contributed by atoms with Crippen LogP contribution in [0.25, 0.3) is 11.0 Å². The Bertz CT molecular complexity index is 1090. The molecule has 25 heavy (non-hydrogen) atoms. The van der Waals surface area contributed by atoms with Crippen molar-refractivity contribution in [2.24, 2.45) is 0 Å². The number of halogens is 1. The summed E-state index contributed by atoms with van der Waals surface area (Å²) in [5.41, 5.74) is 6.57. The van der Waals surface area contributed by atoms with E-state index in [2.05, 4.69) is 58.1 Å². The monoisotopic (exact) mass is 395 g/mol. The highest BCUT2D eigenvalue weighted by Crippen LogP contribution is 2.47. The van der Waals surface area contributed by atoms with Crippen LogP contribution in [0.4, 0.5) is 5.69 Å². The Balaban J connectivity index is 1.57. The molecule has 3 aromatic rings. The van der Waals surface area contributed by atoms with E-state index in [1.165, 1.54) is 22.4 Å². The first-order valence-corrected chi connectivity index (χ1v) is 9.42. The average molecular weight is 396 g/mol. The van der Waals surface area contributed by atoms with Crippen molar-refractivity contribution >= 4 is 32.6 Å². The van der Waals surface area contributed by atoms with Gasteiger partial charge in [0, 0.05) is 21.5 Å². The van der Waals surface area contributed by atoms with E-state index in [0.717, 1.165) is 33.8 Å². The maximum absolute atomic E-state index is 11.9. The molecule has 3 nitrogen and oxygen atoms in total. The van der Waals surface area contributed by atoms with Gasteiger partial charge < -0.3 is 9.32 Å². The lowest BCUT2D eigenvalue weighted by Crippen LogP contribution is -2.13. The van der Waals surface area contributed by atoms with Crippen molar-refractivity contribution in [1.82, 2.24) is 0 Å². The molecule has 0 bridgehead atoms. The summed E-state index contributed by atoms with van der Waals surface area (Å²) in [7, 11) is 0. The molecule has 2 atom stereocenters. The van der Waals surface area contributed by atoms with Gasteiger partial charge in [-0.25, -0.2) is 4.79 Å². The molecule has 4 heteroatoms. The van der Waals surface area contributed by atoms with Gasteiger partial charge >= 0.3 is 5.63 Å². The zero-order valence-corrected chi connectivity index (χ0v) is 15.8. The number of aryl methyl sites for hydroxylation is 2. The fourth-order valence-corrected chi connectivity index (χ4v) is 5.01. The fourth-order valence-electron chi connectivity index (χ4n) is 4.31. The largest absolute Gasteiger partial charge is 0.422 e. The van der Waals surface area contributed by atoms with E-state index in [1.54, 1.807) is 6.07 Å². The zero-order valence-electron chi connectivity index (χ0n) is 14.2. The highest BCUT2D eigenvalue weighted by molar-refractivity contribution is 9.10. The van der Waals surface area contributed by atoms with Crippen LogP contribution in [0.1, 0.15) is 22.3 Å². The first-order chi connectivity index (χ1) is 12.0. The molecule has 1 saturated heterocycles. The molecule has 1 fully saturated rings. The third-order valence-electron chi connectivity index (χ3n) is 5.61. The lowest BCUT2D eigenvalue weighted by atomic mass is 9.89. The number of benzene rings is 2. The average Bonchev–Trinajstić information content (AvgIpc) is 3.25. The molecular weight excluding hydrogens is 378 g/mol. The van der Waals surface area contributed by atoms with Gasteiger partial charge in [0.2, 0.25) is 0 Å². The van der Waals surface area contributed by atoms with E-state index < -0.39 is 0 Å². The Morgan fingerprint density at radius 2 is 1.88 bits per heavy atom. The van der Waals surface area contributed by atoms with Gasteiger partial charge in [0.05, 0.1) is 17.8 Å². The number of nitrogens with zero attached hydrogens (tertiary/aromatic N) is 1. The molecule has 1 aromatic heterocycles. The molecule has 0 N–H and O–H groups in total. The van der Waals surface area contributed by atoms with Crippen LogP contribution in [-0.2, 0) is 12.8 Å². The van der Waals surface area contributed by atoms with Crippen LogP contribution in [0.15, 0.2) is 50.1 Å². The summed E-state index contributed by atoms with van der Waals surface area (Å²) < 4.78 is 6.76. The third-order valence-corrected chi connectivity index (χ3v) is 6.25. The molecule has 0 radical (unpaired) electrons. The molecule has 2 aromatic carbocycles. The molecule has 0 unspecified atom stereocenters.